The quantitative estimate of drug-likeness (QED) is 0.604. The van der Waals surface area contributed by atoms with Gasteiger partial charge in [0.25, 0.3) is 0 Å². The highest BCUT2D eigenvalue weighted by Crippen LogP contribution is 2.29. The normalized spacial score (nSPS) is 39.5. The van der Waals surface area contributed by atoms with Gasteiger partial charge >= 0.3 is 0 Å². The molecule has 0 aromatic rings. The predicted octanol–water partition coefficient (Wildman–Crippen LogP) is 0.773. The van der Waals surface area contributed by atoms with Gasteiger partial charge in [-0.15, -0.1) is 0 Å². The smallest absolute Gasteiger partial charge is 0.244 e. The summed E-state index contributed by atoms with van der Waals surface area (Å²) in [6.07, 6.45) is -3.38. The molecule has 1 saturated carbocycles. The lowest BCUT2D eigenvalue weighted by Gasteiger charge is -2.30. The van der Waals surface area contributed by atoms with Gasteiger partial charge in [-0.25, -0.2) is 8.78 Å². The van der Waals surface area contributed by atoms with Crippen LogP contribution in [0.25, 0.3) is 0 Å². The Kier molecular flexibility index (Phi) is 2.78. The second kappa shape index (κ2) is 3.45. The van der Waals surface area contributed by atoms with Crippen LogP contribution in [0.15, 0.2) is 0 Å². The highest BCUT2D eigenvalue weighted by molar-refractivity contribution is 4.82. The molecule has 0 amide bonds. The van der Waals surface area contributed by atoms with E-state index >= 15 is 0 Å². The van der Waals surface area contributed by atoms with E-state index < -0.39 is 24.6 Å². The van der Waals surface area contributed by atoms with Crippen molar-refractivity contribution in [2.45, 2.75) is 37.9 Å². The number of rotatable bonds is 1. The van der Waals surface area contributed by atoms with E-state index in [2.05, 4.69) is 0 Å². The lowest BCUT2D eigenvalue weighted by Crippen LogP contribution is -2.40. The number of alkyl halides is 2. The van der Waals surface area contributed by atoms with Crippen LogP contribution in [-0.2, 0) is 0 Å². The van der Waals surface area contributed by atoms with Crippen LogP contribution in [0.2, 0.25) is 0 Å². The third-order valence-electron chi connectivity index (χ3n) is 2.19. The van der Waals surface area contributed by atoms with Crippen molar-refractivity contribution >= 4 is 0 Å². The molecule has 0 bridgehead atoms. The Morgan fingerprint density at radius 3 is 2.27 bits per heavy atom. The summed E-state index contributed by atoms with van der Waals surface area (Å²) in [5, 5.41) is 18.1. The molecule has 0 aromatic carbocycles. The summed E-state index contributed by atoms with van der Waals surface area (Å²) < 4.78 is 24.1. The molecule has 0 radical (unpaired) electrons. The maximum absolute atomic E-state index is 12.1. The Bertz CT molecular complexity index is 130. The van der Waals surface area contributed by atoms with E-state index in [-0.39, 0.29) is 0 Å². The van der Waals surface area contributed by atoms with Crippen molar-refractivity contribution < 1.29 is 19.0 Å². The summed E-state index contributed by atoms with van der Waals surface area (Å²) in [5.41, 5.74) is 0. The van der Waals surface area contributed by atoms with Crippen molar-refractivity contribution in [3.63, 3.8) is 0 Å². The molecule has 11 heavy (non-hydrogen) atoms. The Labute approximate surface area is 63.8 Å². The molecule has 0 saturated heterocycles. The average Bonchev–Trinajstić information content (AvgIpc) is 1.94. The van der Waals surface area contributed by atoms with Gasteiger partial charge in [0.2, 0.25) is 6.43 Å². The van der Waals surface area contributed by atoms with Gasteiger partial charge in [0, 0.05) is 5.92 Å². The number of halogens is 2. The molecule has 0 aliphatic heterocycles. The first-order valence-electron chi connectivity index (χ1n) is 3.77. The zero-order valence-electron chi connectivity index (χ0n) is 6.08. The summed E-state index contributed by atoms with van der Waals surface area (Å²) in [6, 6.07) is 0. The molecular formula is C7H12F2O2. The number of hydrogen-bond acceptors (Lipinski definition) is 2. The SMILES string of the molecule is OC1CCC[C@H](C(F)F)[C@H]1O. The van der Waals surface area contributed by atoms with Gasteiger partial charge in [0.05, 0.1) is 12.2 Å². The van der Waals surface area contributed by atoms with Crippen LogP contribution in [-0.4, -0.2) is 28.8 Å². The van der Waals surface area contributed by atoms with Crippen LogP contribution in [0.4, 0.5) is 8.78 Å². The fraction of sp³-hybridized carbons (Fsp3) is 1.00. The third kappa shape index (κ3) is 1.87. The highest BCUT2D eigenvalue weighted by atomic mass is 19.3. The molecule has 0 spiro atoms. The minimum absolute atomic E-state index is 0.315. The van der Waals surface area contributed by atoms with Crippen molar-refractivity contribution in [2.24, 2.45) is 5.92 Å². The lowest BCUT2D eigenvalue weighted by atomic mass is 9.85. The van der Waals surface area contributed by atoms with E-state index in [9.17, 15) is 8.78 Å². The maximum Gasteiger partial charge on any atom is 0.244 e. The molecule has 1 unspecified atom stereocenters. The number of aliphatic hydroxyl groups excluding tert-OH is 2. The van der Waals surface area contributed by atoms with Gasteiger partial charge in [-0.3, -0.25) is 0 Å². The van der Waals surface area contributed by atoms with Gasteiger partial charge in [-0.05, 0) is 12.8 Å². The van der Waals surface area contributed by atoms with Gasteiger partial charge in [0.15, 0.2) is 0 Å². The van der Waals surface area contributed by atoms with Crippen LogP contribution >= 0.6 is 0 Å². The summed E-state index contributed by atoms with van der Waals surface area (Å²) in [7, 11) is 0. The van der Waals surface area contributed by atoms with E-state index in [0.717, 1.165) is 0 Å². The summed E-state index contributed by atoms with van der Waals surface area (Å²) in [4.78, 5) is 0. The minimum atomic E-state index is -2.51. The zero-order valence-corrected chi connectivity index (χ0v) is 6.08. The average molecular weight is 166 g/mol. The first-order valence-corrected chi connectivity index (χ1v) is 3.77. The Hall–Kier alpha value is -0.220. The maximum atomic E-state index is 12.1. The Balaban J connectivity index is 2.51. The molecule has 1 fully saturated rings. The Morgan fingerprint density at radius 1 is 1.18 bits per heavy atom. The summed E-state index contributed by atoms with van der Waals surface area (Å²) in [6.45, 7) is 0. The van der Waals surface area contributed by atoms with E-state index in [4.69, 9.17) is 10.2 Å². The molecule has 0 aromatic heterocycles. The van der Waals surface area contributed by atoms with Crippen molar-refractivity contribution in [2.75, 3.05) is 0 Å². The van der Waals surface area contributed by atoms with Crippen LogP contribution in [0.1, 0.15) is 19.3 Å². The fourth-order valence-electron chi connectivity index (χ4n) is 1.46. The summed E-state index contributed by atoms with van der Waals surface area (Å²) in [5.74, 6) is -1.03. The van der Waals surface area contributed by atoms with Crippen molar-refractivity contribution in [1.82, 2.24) is 0 Å². The summed E-state index contributed by atoms with van der Waals surface area (Å²) >= 11 is 0. The van der Waals surface area contributed by atoms with Crippen LogP contribution < -0.4 is 0 Å². The predicted molar refractivity (Wildman–Crippen MR) is 35.4 cm³/mol. The molecule has 1 aliphatic rings. The monoisotopic (exact) mass is 166 g/mol. The van der Waals surface area contributed by atoms with Crippen molar-refractivity contribution in [3.05, 3.63) is 0 Å². The van der Waals surface area contributed by atoms with Crippen molar-refractivity contribution in [3.8, 4) is 0 Å². The molecule has 3 atom stereocenters. The molecule has 1 rings (SSSR count). The second-order valence-electron chi connectivity index (χ2n) is 2.99. The van der Waals surface area contributed by atoms with E-state index in [0.29, 0.717) is 19.3 Å². The second-order valence-corrected chi connectivity index (χ2v) is 2.99. The fourth-order valence-corrected chi connectivity index (χ4v) is 1.46. The van der Waals surface area contributed by atoms with Crippen LogP contribution in [0, 0.1) is 5.92 Å². The molecule has 0 heterocycles. The van der Waals surface area contributed by atoms with E-state index in [1.807, 2.05) is 0 Å². The largest absolute Gasteiger partial charge is 0.390 e. The zero-order chi connectivity index (χ0) is 8.43. The standard InChI is InChI=1S/C7H12F2O2/c8-7(9)4-2-1-3-5(10)6(4)11/h4-7,10-11H,1-3H2/t4-,5?,6+/m0/s1. The molecule has 4 heteroatoms. The Morgan fingerprint density at radius 2 is 1.82 bits per heavy atom. The first-order chi connectivity index (χ1) is 5.13. The first kappa shape index (κ1) is 8.87. The highest BCUT2D eigenvalue weighted by Gasteiger charge is 2.35. The van der Waals surface area contributed by atoms with Crippen molar-refractivity contribution in [1.29, 1.82) is 0 Å². The lowest BCUT2D eigenvalue weighted by molar-refractivity contribution is -0.0930. The minimum Gasteiger partial charge on any atom is -0.390 e. The van der Waals surface area contributed by atoms with E-state index in [1.54, 1.807) is 0 Å². The molecule has 66 valence electrons. The van der Waals surface area contributed by atoms with E-state index in [1.165, 1.54) is 0 Å². The third-order valence-corrected chi connectivity index (χ3v) is 2.19. The number of aliphatic hydroxyl groups is 2. The van der Waals surface area contributed by atoms with Gasteiger partial charge in [-0.1, -0.05) is 6.42 Å². The van der Waals surface area contributed by atoms with Crippen LogP contribution in [0.3, 0.4) is 0 Å². The number of hydrogen-bond donors (Lipinski definition) is 2. The van der Waals surface area contributed by atoms with Gasteiger partial charge in [0.1, 0.15) is 0 Å². The van der Waals surface area contributed by atoms with Gasteiger partial charge < -0.3 is 10.2 Å². The molecule has 1 aliphatic carbocycles. The van der Waals surface area contributed by atoms with Crippen LogP contribution in [0.5, 0.6) is 0 Å². The molecule has 2 N–H and O–H groups in total. The van der Waals surface area contributed by atoms with Gasteiger partial charge in [-0.2, -0.15) is 0 Å². The molecular weight excluding hydrogens is 154 g/mol. The topological polar surface area (TPSA) is 40.5 Å². The molecule has 2 nitrogen and oxygen atoms in total.